The maximum Gasteiger partial charge on any atom is 0.469 e. The van der Waals surface area contributed by atoms with Crippen molar-refractivity contribution < 1.29 is 43.0 Å². The summed E-state index contributed by atoms with van der Waals surface area (Å²) in [4.78, 5) is 30.1. The molecule has 2 aromatic rings. The van der Waals surface area contributed by atoms with Crippen molar-refractivity contribution in [2.24, 2.45) is 0 Å². The minimum Gasteiger partial charge on any atom is -0.494 e. The Morgan fingerprint density at radius 1 is 1.30 bits per heavy atom. The predicted molar refractivity (Wildman–Crippen MR) is 88.6 cm³/mol. The van der Waals surface area contributed by atoms with Gasteiger partial charge < -0.3 is 29.5 Å². The van der Waals surface area contributed by atoms with Gasteiger partial charge in [0.15, 0.2) is 17.8 Å². The van der Waals surface area contributed by atoms with E-state index in [1.54, 1.807) is 0 Å². The number of methoxy groups -OCH3 is 1. The first kappa shape index (κ1) is 19.9. The van der Waals surface area contributed by atoms with Crippen LogP contribution in [0, 0.1) is 5.82 Å². The molecule has 1 aliphatic rings. The lowest BCUT2D eigenvalue weighted by Gasteiger charge is -2.18. The van der Waals surface area contributed by atoms with Crippen LogP contribution in [0.15, 0.2) is 29.2 Å². The van der Waals surface area contributed by atoms with Crippen molar-refractivity contribution in [1.82, 2.24) is 4.57 Å². The number of rotatable bonds is 5. The molecule has 4 N–H and O–H groups in total. The van der Waals surface area contributed by atoms with Gasteiger partial charge in [0, 0.05) is 6.20 Å². The lowest BCUT2D eigenvalue weighted by atomic mass is 10.1. The normalized spacial score (nSPS) is 25.9. The molecule has 148 valence electrons. The highest BCUT2D eigenvalue weighted by Crippen LogP contribution is 2.38. The van der Waals surface area contributed by atoms with Crippen LogP contribution >= 0.6 is 7.82 Å². The average molecular weight is 405 g/mol. The second-order valence-electron chi connectivity index (χ2n) is 5.93. The largest absolute Gasteiger partial charge is 0.494 e. The van der Waals surface area contributed by atoms with Crippen molar-refractivity contribution in [3.63, 3.8) is 0 Å². The van der Waals surface area contributed by atoms with Crippen LogP contribution in [0.2, 0.25) is 0 Å². The number of nitrogens with zero attached hydrogens (tertiary/aromatic N) is 1. The molecule has 0 aliphatic carbocycles. The summed E-state index contributed by atoms with van der Waals surface area (Å²) in [7, 11) is -3.52. The van der Waals surface area contributed by atoms with Gasteiger partial charge in [-0.15, -0.1) is 0 Å². The molecular weight excluding hydrogens is 388 g/mol. The lowest BCUT2D eigenvalue weighted by Crippen LogP contribution is -2.35. The fourth-order valence-corrected chi connectivity index (χ4v) is 3.22. The molecular formula is C15H17FNO9P. The number of hydrogen-bond donors (Lipinski definition) is 4. The number of phosphoric ester groups is 1. The van der Waals surface area contributed by atoms with Gasteiger partial charge in [-0.2, -0.15) is 0 Å². The quantitative estimate of drug-likeness (QED) is 0.500. The van der Waals surface area contributed by atoms with Crippen LogP contribution in [0.25, 0.3) is 10.8 Å². The van der Waals surface area contributed by atoms with Crippen LogP contribution in [-0.4, -0.2) is 56.6 Å². The third-order valence-electron chi connectivity index (χ3n) is 4.22. The molecule has 1 aromatic carbocycles. The fourth-order valence-electron chi connectivity index (χ4n) is 2.88. The number of pyridine rings is 1. The molecule has 4 atom stereocenters. The maximum absolute atomic E-state index is 13.9. The summed E-state index contributed by atoms with van der Waals surface area (Å²) in [5, 5.41) is 20.6. The Kier molecular flexibility index (Phi) is 5.37. The highest BCUT2D eigenvalue weighted by atomic mass is 31.2. The third-order valence-corrected chi connectivity index (χ3v) is 4.71. The van der Waals surface area contributed by atoms with Crippen molar-refractivity contribution in [1.29, 1.82) is 0 Å². The van der Waals surface area contributed by atoms with E-state index in [0.29, 0.717) is 5.39 Å². The van der Waals surface area contributed by atoms with E-state index in [9.17, 15) is 24.0 Å². The summed E-state index contributed by atoms with van der Waals surface area (Å²) in [5.41, 5.74) is -0.693. The lowest BCUT2D eigenvalue weighted by molar-refractivity contribution is -0.0534. The smallest absolute Gasteiger partial charge is 0.469 e. The monoisotopic (exact) mass is 405 g/mol. The number of aliphatic hydroxyl groups excluding tert-OH is 2. The second-order valence-corrected chi connectivity index (χ2v) is 7.17. The van der Waals surface area contributed by atoms with E-state index in [-0.39, 0.29) is 11.1 Å². The molecule has 3 rings (SSSR count). The second kappa shape index (κ2) is 7.28. The van der Waals surface area contributed by atoms with E-state index >= 15 is 0 Å². The van der Waals surface area contributed by atoms with E-state index in [1.165, 1.54) is 25.4 Å². The molecule has 0 bridgehead atoms. The molecule has 10 nitrogen and oxygen atoms in total. The van der Waals surface area contributed by atoms with E-state index in [1.807, 2.05) is 0 Å². The first-order chi connectivity index (χ1) is 12.6. The van der Waals surface area contributed by atoms with Crippen LogP contribution in [0.1, 0.15) is 6.23 Å². The van der Waals surface area contributed by atoms with Gasteiger partial charge in [0.2, 0.25) is 0 Å². The Labute approximate surface area is 151 Å². The zero-order valence-electron chi connectivity index (χ0n) is 13.9. The molecule has 0 amide bonds. The van der Waals surface area contributed by atoms with Gasteiger partial charge in [-0.05, 0) is 23.6 Å². The Bertz CT molecular complexity index is 958. The SMILES string of the molecule is COc1cc2ccn([C@@H]3O[C@H](COP(=O)(O)O)[C@H](O)[C@H]3O)c(=O)c2cc1F. The molecule has 1 aromatic heterocycles. The van der Waals surface area contributed by atoms with Gasteiger partial charge in [0.25, 0.3) is 5.56 Å². The molecule has 27 heavy (non-hydrogen) atoms. The van der Waals surface area contributed by atoms with Gasteiger partial charge in [-0.25, -0.2) is 8.96 Å². The summed E-state index contributed by atoms with van der Waals surface area (Å²) in [6.07, 6.45) is -4.49. The number of aromatic nitrogens is 1. The van der Waals surface area contributed by atoms with Crippen molar-refractivity contribution in [3.8, 4) is 5.75 Å². The van der Waals surface area contributed by atoms with Gasteiger partial charge in [0.1, 0.15) is 18.3 Å². The number of benzene rings is 1. The zero-order valence-corrected chi connectivity index (χ0v) is 14.8. The number of halogens is 1. The first-order valence-electron chi connectivity index (χ1n) is 7.72. The molecule has 1 saturated heterocycles. The number of ether oxygens (including phenoxy) is 2. The summed E-state index contributed by atoms with van der Waals surface area (Å²) in [6, 6.07) is 3.80. The maximum atomic E-state index is 13.9. The molecule has 0 radical (unpaired) electrons. The number of fused-ring (bicyclic) bond motifs is 1. The highest BCUT2D eigenvalue weighted by Gasteiger charge is 2.44. The van der Waals surface area contributed by atoms with Crippen LogP contribution < -0.4 is 10.3 Å². The van der Waals surface area contributed by atoms with E-state index in [0.717, 1.165) is 10.6 Å². The van der Waals surface area contributed by atoms with Crippen molar-refractivity contribution in [3.05, 3.63) is 40.6 Å². The van der Waals surface area contributed by atoms with Crippen LogP contribution in [0.3, 0.4) is 0 Å². The molecule has 0 unspecified atom stereocenters. The zero-order chi connectivity index (χ0) is 19.9. The Hall–Kier alpha value is -1.85. The van der Waals surface area contributed by atoms with Crippen LogP contribution in [-0.2, 0) is 13.8 Å². The van der Waals surface area contributed by atoms with Crippen LogP contribution in [0.4, 0.5) is 4.39 Å². The number of phosphoric acid groups is 1. The third kappa shape index (κ3) is 3.90. The molecule has 12 heteroatoms. The predicted octanol–water partition coefficient (Wildman–Crippen LogP) is -0.122. The van der Waals surface area contributed by atoms with E-state index in [4.69, 9.17) is 19.3 Å². The molecule has 1 fully saturated rings. The van der Waals surface area contributed by atoms with E-state index < -0.39 is 50.3 Å². The average Bonchev–Trinajstić information content (AvgIpc) is 2.88. The molecule has 0 spiro atoms. The van der Waals surface area contributed by atoms with Crippen molar-refractivity contribution in [2.75, 3.05) is 13.7 Å². The fraction of sp³-hybridized carbons (Fsp3) is 0.400. The number of hydrogen-bond acceptors (Lipinski definition) is 7. The summed E-state index contributed by atoms with van der Waals surface area (Å²) >= 11 is 0. The summed E-state index contributed by atoms with van der Waals surface area (Å²) < 4.78 is 40.2. The molecule has 0 saturated carbocycles. The van der Waals surface area contributed by atoms with Gasteiger partial charge in [-0.1, -0.05) is 0 Å². The Morgan fingerprint density at radius 3 is 2.63 bits per heavy atom. The molecule has 2 heterocycles. The van der Waals surface area contributed by atoms with Gasteiger partial charge in [0.05, 0.1) is 19.1 Å². The summed E-state index contributed by atoms with van der Waals surface area (Å²) in [5.74, 6) is -0.789. The topological polar surface area (TPSA) is 148 Å². The summed E-state index contributed by atoms with van der Waals surface area (Å²) in [6.45, 7) is -0.701. The Balaban J connectivity index is 1.94. The highest BCUT2D eigenvalue weighted by molar-refractivity contribution is 7.46. The van der Waals surface area contributed by atoms with Gasteiger partial charge in [-0.3, -0.25) is 13.9 Å². The van der Waals surface area contributed by atoms with Crippen LogP contribution in [0.5, 0.6) is 5.75 Å². The standard InChI is InChI=1S/C15H17FNO9P/c1-24-10-4-7-2-3-17(14(20)8(7)5-9(10)16)15-13(19)12(18)11(26-15)6-25-27(21,22)23/h2-5,11-13,15,18-19H,6H2,1H3,(H2,21,22,23)/t11-,12+,13-,15-/m1/s1. The molecule has 1 aliphatic heterocycles. The number of aliphatic hydroxyl groups is 2. The first-order valence-corrected chi connectivity index (χ1v) is 9.25. The van der Waals surface area contributed by atoms with Crippen molar-refractivity contribution >= 4 is 18.6 Å². The van der Waals surface area contributed by atoms with Gasteiger partial charge >= 0.3 is 7.82 Å². The van der Waals surface area contributed by atoms with E-state index in [2.05, 4.69) is 4.52 Å². The minimum atomic E-state index is -4.81. The Morgan fingerprint density at radius 2 is 2.00 bits per heavy atom. The minimum absolute atomic E-state index is 0.00370. The van der Waals surface area contributed by atoms with Crippen molar-refractivity contribution in [2.45, 2.75) is 24.5 Å².